The van der Waals surface area contributed by atoms with Gasteiger partial charge in [-0.05, 0) is 48.1 Å². The van der Waals surface area contributed by atoms with Gasteiger partial charge >= 0.3 is 6.03 Å². The summed E-state index contributed by atoms with van der Waals surface area (Å²) in [5, 5.41) is 13.0. The lowest BCUT2D eigenvalue weighted by atomic mass is 10.0. The Labute approximate surface area is 255 Å². The topological polar surface area (TPSA) is 170 Å². The van der Waals surface area contributed by atoms with E-state index in [1.165, 1.54) is 6.33 Å². The summed E-state index contributed by atoms with van der Waals surface area (Å²) in [6, 6.07) is 16.2. The lowest BCUT2D eigenvalue weighted by molar-refractivity contribution is -0.0197. The summed E-state index contributed by atoms with van der Waals surface area (Å²) in [6.07, 6.45) is 3.31. The molecule has 4 heterocycles. The number of nitrogens with two attached hydrogens (primary N) is 2. The van der Waals surface area contributed by atoms with Crippen molar-refractivity contribution >= 4 is 29.0 Å². The number of nitrogens with one attached hydrogen (secondary N) is 1. The Morgan fingerprint density at radius 1 is 1.07 bits per heavy atom. The van der Waals surface area contributed by atoms with Gasteiger partial charge < -0.3 is 36.3 Å². The summed E-state index contributed by atoms with van der Waals surface area (Å²) in [7, 11) is 0. The van der Waals surface area contributed by atoms with Gasteiger partial charge in [-0.1, -0.05) is 36.4 Å². The van der Waals surface area contributed by atoms with Crippen LogP contribution in [0.4, 0.5) is 16.6 Å². The molecule has 2 aromatic carbocycles. The summed E-state index contributed by atoms with van der Waals surface area (Å²) in [5.74, 6) is 1.74. The van der Waals surface area contributed by atoms with Crippen LogP contribution >= 0.6 is 0 Å². The highest BCUT2D eigenvalue weighted by atomic mass is 16.5. The number of urea groups is 1. The molecule has 0 radical (unpaired) electrons. The molecule has 2 aliphatic heterocycles. The molecular formula is C31H39N9O4. The zero-order valence-corrected chi connectivity index (χ0v) is 24.6. The molecule has 232 valence electrons. The van der Waals surface area contributed by atoms with Gasteiger partial charge in [0.2, 0.25) is 5.95 Å². The molecule has 0 spiro atoms. The number of carbonyl (C=O) groups excluding carboxylic acids is 1. The van der Waals surface area contributed by atoms with Gasteiger partial charge in [0.15, 0.2) is 17.0 Å². The molecule has 0 saturated carbocycles. The molecule has 0 unspecified atom stereocenters. The molecule has 2 saturated heterocycles. The lowest BCUT2D eigenvalue weighted by Crippen LogP contribution is -2.50. The van der Waals surface area contributed by atoms with Crippen LogP contribution in [0.5, 0.6) is 5.75 Å². The number of ether oxygens (including phenoxy) is 2. The minimum absolute atomic E-state index is 0.0248. The molecule has 2 aromatic heterocycles. The van der Waals surface area contributed by atoms with Crippen molar-refractivity contribution in [1.29, 1.82) is 0 Å². The Morgan fingerprint density at radius 3 is 2.64 bits per heavy atom. The number of hydrogen-bond donors (Lipinski definition) is 4. The number of aromatic nitrogens is 4. The molecule has 0 aliphatic carbocycles. The second kappa shape index (κ2) is 13.5. The molecule has 13 nitrogen and oxygen atoms in total. The van der Waals surface area contributed by atoms with E-state index in [-0.39, 0.29) is 25.0 Å². The number of aliphatic hydroxyl groups is 1. The number of piperazine rings is 1. The van der Waals surface area contributed by atoms with Gasteiger partial charge in [0, 0.05) is 39.3 Å². The van der Waals surface area contributed by atoms with Gasteiger partial charge in [-0.3, -0.25) is 9.47 Å². The average Bonchev–Trinajstić information content (AvgIpc) is 3.68. The number of imidazole rings is 1. The molecule has 44 heavy (non-hydrogen) atoms. The van der Waals surface area contributed by atoms with E-state index < -0.39 is 0 Å². The summed E-state index contributed by atoms with van der Waals surface area (Å²) in [4.78, 5) is 28.5. The first-order chi connectivity index (χ1) is 21.5. The predicted molar refractivity (Wildman–Crippen MR) is 167 cm³/mol. The monoisotopic (exact) mass is 601 g/mol. The van der Waals surface area contributed by atoms with Gasteiger partial charge in [-0.15, -0.1) is 0 Å². The predicted octanol–water partition coefficient (Wildman–Crippen LogP) is 2.82. The summed E-state index contributed by atoms with van der Waals surface area (Å²) >= 11 is 0. The molecule has 2 atom stereocenters. The van der Waals surface area contributed by atoms with Crippen LogP contribution in [-0.4, -0.2) is 92.5 Å². The third kappa shape index (κ3) is 6.69. The number of amides is 2. The van der Waals surface area contributed by atoms with Crippen LogP contribution < -0.4 is 21.5 Å². The van der Waals surface area contributed by atoms with Crippen molar-refractivity contribution in [2.45, 2.75) is 38.1 Å². The highest BCUT2D eigenvalue weighted by Crippen LogP contribution is 2.34. The van der Waals surface area contributed by atoms with Crippen LogP contribution in [0.1, 0.15) is 31.1 Å². The number of rotatable bonds is 11. The zero-order chi connectivity index (χ0) is 30.5. The van der Waals surface area contributed by atoms with Crippen LogP contribution in [0.2, 0.25) is 0 Å². The molecule has 0 bridgehead atoms. The maximum absolute atomic E-state index is 11.3. The number of primary amides is 1. The second-order valence-electron chi connectivity index (χ2n) is 11.2. The fourth-order valence-corrected chi connectivity index (χ4v) is 5.77. The van der Waals surface area contributed by atoms with Crippen molar-refractivity contribution in [1.82, 2.24) is 29.3 Å². The number of aliphatic hydroxyl groups excluding tert-OH is 1. The van der Waals surface area contributed by atoms with Gasteiger partial charge in [0.25, 0.3) is 0 Å². The van der Waals surface area contributed by atoms with Crippen LogP contribution in [0.3, 0.4) is 0 Å². The van der Waals surface area contributed by atoms with Crippen LogP contribution in [0, 0.1) is 0 Å². The van der Waals surface area contributed by atoms with E-state index in [1.54, 1.807) is 4.90 Å². The van der Waals surface area contributed by atoms with Crippen molar-refractivity contribution in [3.05, 3.63) is 60.4 Å². The number of fused-ring (bicyclic) bond motifs is 1. The first-order valence-electron chi connectivity index (χ1n) is 15.1. The van der Waals surface area contributed by atoms with Crippen LogP contribution in [-0.2, 0) is 11.3 Å². The Kier molecular flexibility index (Phi) is 9.05. The third-order valence-corrected chi connectivity index (χ3v) is 8.23. The number of anilines is 2. The number of carbonyl (C=O) groups is 1. The van der Waals surface area contributed by atoms with Crippen molar-refractivity contribution in [2.75, 3.05) is 57.0 Å². The van der Waals surface area contributed by atoms with Crippen LogP contribution in [0.25, 0.3) is 22.3 Å². The SMILES string of the molecule is NC(=O)N1CCN(CCCOc2cccc(-c3ccc(CNc4nc5c(N)ncnc5n4[C@H]4CC[C@@H](CO)O4)cc3)c2)CC1. The first-order valence-corrected chi connectivity index (χ1v) is 15.1. The van der Waals surface area contributed by atoms with E-state index in [0.717, 1.165) is 61.3 Å². The summed E-state index contributed by atoms with van der Waals surface area (Å²) < 4.78 is 14.0. The average molecular weight is 602 g/mol. The molecule has 4 aromatic rings. The maximum atomic E-state index is 11.3. The molecule has 13 heteroatoms. The highest BCUT2D eigenvalue weighted by molar-refractivity contribution is 5.84. The largest absolute Gasteiger partial charge is 0.494 e. The van der Waals surface area contributed by atoms with Gasteiger partial charge in [0.05, 0.1) is 19.3 Å². The standard InChI is InChI=1S/C31H39N9O4/c32-28-27-29(36-20-35-28)40(26-10-9-25(19-41)44-26)31(37-27)34-18-21-5-7-22(8-6-21)23-3-1-4-24(17-23)43-16-2-11-38-12-14-39(15-13-38)30(33)42/h1,3-8,17,20,25-26,41H,2,9-16,18-19H2,(H2,33,42)(H,34,37)(H2,32,35,36)/t25-,26+/m0/s1. The molecule has 6 rings (SSSR count). The molecular weight excluding hydrogens is 562 g/mol. The lowest BCUT2D eigenvalue weighted by Gasteiger charge is -2.33. The van der Waals surface area contributed by atoms with Crippen molar-refractivity contribution in [3.8, 4) is 16.9 Å². The molecule has 2 aliphatic rings. The highest BCUT2D eigenvalue weighted by Gasteiger charge is 2.30. The molecule has 2 fully saturated rings. The number of nitrogen functional groups attached to an aromatic ring is 1. The number of benzene rings is 2. The summed E-state index contributed by atoms with van der Waals surface area (Å²) in [5.41, 5.74) is 15.8. The Morgan fingerprint density at radius 2 is 1.89 bits per heavy atom. The third-order valence-electron chi connectivity index (χ3n) is 8.23. The van der Waals surface area contributed by atoms with E-state index in [2.05, 4.69) is 61.6 Å². The number of hydrogen-bond acceptors (Lipinski definition) is 10. The van der Waals surface area contributed by atoms with Gasteiger partial charge in [0.1, 0.15) is 18.3 Å². The van der Waals surface area contributed by atoms with Crippen LogP contribution in [0.15, 0.2) is 54.9 Å². The Bertz CT molecular complexity index is 1570. The summed E-state index contributed by atoms with van der Waals surface area (Å²) in [6.45, 7) is 5.10. The smallest absolute Gasteiger partial charge is 0.314 e. The molecule has 6 N–H and O–H groups in total. The Hall–Kier alpha value is -4.46. The van der Waals surface area contributed by atoms with Gasteiger partial charge in [-0.2, -0.15) is 0 Å². The second-order valence-corrected chi connectivity index (χ2v) is 11.2. The maximum Gasteiger partial charge on any atom is 0.314 e. The first kappa shape index (κ1) is 29.6. The van der Waals surface area contributed by atoms with Crippen molar-refractivity contribution < 1.29 is 19.4 Å². The van der Waals surface area contributed by atoms with E-state index in [0.29, 0.717) is 49.2 Å². The van der Waals surface area contributed by atoms with E-state index in [9.17, 15) is 9.90 Å². The fraction of sp³-hybridized carbons (Fsp3) is 0.419. The van der Waals surface area contributed by atoms with E-state index in [1.807, 2.05) is 16.7 Å². The fourth-order valence-electron chi connectivity index (χ4n) is 5.77. The normalized spacial score (nSPS) is 19.0. The van der Waals surface area contributed by atoms with E-state index >= 15 is 0 Å². The minimum Gasteiger partial charge on any atom is -0.494 e. The molecule has 2 amide bonds. The zero-order valence-electron chi connectivity index (χ0n) is 24.6. The van der Waals surface area contributed by atoms with Crippen molar-refractivity contribution in [3.63, 3.8) is 0 Å². The van der Waals surface area contributed by atoms with Crippen molar-refractivity contribution in [2.24, 2.45) is 5.73 Å². The van der Waals surface area contributed by atoms with E-state index in [4.69, 9.17) is 20.9 Å². The number of nitrogens with zero attached hydrogens (tertiary/aromatic N) is 6. The minimum atomic E-state index is -0.342. The quantitative estimate of drug-likeness (QED) is 0.188. The van der Waals surface area contributed by atoms with Gasteiger partial charge in [-0.25, -0.2) is 19.7 Å². The Balaban J connectivity index is 1.04.